The Morgan fingerprint density at radius 2 is 0.567 bits per heavy atom. The fraction of sp³-hybridized carbons (Fsp3) is 0.870. The molecule has 0 fully saturated rings. The highest BCUT2D eigenvalue weighted by atomic mass is 16.6. The van der Waals surface area contributed by atoms with Crippen LogP contribution in [0, 0.1) is 0 Å². The Morgan fingerprint density at radius 1 is 0.317 bits per heavy atom. The normalized spacial score (nSPS) is 12.1. The SMILES string of the molecule is CCCC/C=C\CCCCCCC(=O)OCC(COC(=O)CCCCCCCCC/C=C\CCCCCCCC)OC(=O)CCCCCCCCCCCCCCCCC. The van der Waals surface area contributed by atoms with E-state index < -0.39 is 6.10 Å². The van der Waals surface area contributed by atoms with Crippen molar-refractivity contribution in [3.63, 3.8) is 0 Å². The first kappa shape index (κ1) is 57.9. The molecule has 0 N–H and O–H groups in total. The van der Waals surface area contributed by atoms with Crippen LogP contribution < -0.4 is 0 Å². The molecule has 6 nitrogen and oxygen atoms in total. The summed E-state index contributed by atoms with van der Waals surface area (Å²) in [4.78, 5) is 37.9. The van der Waals surface area contributed by atoms with Gasteiger partial charge in [-0.05, 0) is 64.2 Å². The van der Waals surface area contributed by atoms with Gasteiger partial charge in [-0.3, -0.25) is 14.4 Å². The van der Waals surface area contributed by atoms with Gasteiger partial charge in [-0.15, -0.1) is 0 Å². The predicted molar refractivity (Wildman–Crippen MR) is 256 cm³/mol. The number of rotatable bonds is 48. The summed E-state index contributed by atoms with van der Waals surface area (Å²) in [7, 11) is 0. The maximum absolute atomic E-state index is 12.8. The van der Waals surface area contributed by atoms with E-state index in [9.17, 15) is 14.4 Å². The molecular weight excluding hydrogens is 745 g/mol. The van der Waals surface area contributed by atoms with Crippen molar-refractivity contribution >= 4 is 17.9 Å². The van der Waals surface area contributed by atoms with Crippen LogP contribution in [0.5, 0.6) is 0 Å². The topological polar surface area (TPSA) is 78.9 Å². The third-order valence-electron chi connectivity index (χ3n) is 11.7. The Balaban J connectivity index is 4.31. The van der Waals surface area contributed by atoms with Crippen LogP contribution in [0.3, 0.4) is 0 Å². The van der Waals surface area contributed by atoms with Gasteiger partial charge < -0.3 is 14.2 Å². The minimum absolute atomic E-state index is 0.0735. The maximum Gasteiger partial charge on any atom is 0.306 e. The number of ether oxygens (including phenoxy) is 3. The number of hydrogen-bond donors (Lipinski definition) is 0. The Hall–Kier alpha value is -2.11. The zero-order valence-electron chi connectivity index (χ0n) is 40.2. The van der Waals surface area contributed by atoms with Crippen LogP contribution in [0.2, 0.25) is 0 Å². The minimum atomic E-state index is -0.772. The number of carbonyl (C=O) groups excluding carboxylic acids is 3. The predicted octanol–water partition coefficient (Wildman–Crippen LogP) is 17.2. The first-order valence-electron chi connectivity index (χ1n) is 26.3. The average molecular weight is 845 g/mol. The lowest BCUT2D eigenvalue weighted by Gasteiger charge is -2.18. The van der Waals surface area contributed by atoms with E-state index in [1.807, 2.05) is 0 Å². The second kappa shape index (κ2) is 49.5. The Morgan fingerprint density at radius 3 is 0.883 bits per heavy atom. The van der Waals surface area contributed by atoms with Gasteiger partial charge in [-0.1, -0.05) is 225 Å². The van der Waals surface area contributed by atoms with Crippen molar-refractivity contribution in [1.82, 2.24) is 0 Å². The average Bonchev–Trinajstić information content (AvgIpc) is 3.24. The van der Waals surface area contributed by atoms with Gasteiger partial charge in [0.25, 0.3) is 0 Å². The molecule has 0 saturated carbocycles. The molecule has 0 saturated heterocycles. The monoisotopic (exact) mass is 845 g/mol. The Kier molecular flexibility index (Phi) is 47.8. The molecule has 0 heterocycles. The van der Waals surface area contributed by atoms with Crippen molar-refractivity contribution in [1.29, 1.82) is 0 Å². The first-order valence-corrected chi connectivity index (χ1v) is 26.3. The summed E-state index contributed by atoms with van der Waals surface area (Å²) in [5.41, 5.74) is 0. The summed E-state index contributed by atoms with van der Waals surface area (Å²) >= 11 is 0. The third kappa shape index (κ3) is 46.9. The largest absolute Gasteiger partial charge is 0.462 e. The Labute approximate surface area is 373 Å². The standard InChI is InChI=1S/C54H100O6/c1-4-7-10-13-16-19-22-24-26-27-29-30-32-35-38-41-44-47-53(56)59-50-51(49-58-52(55)46-43-40-37-34-21-18-15-12-9-6-3)60-54(57)48-45-42-39-36-33-31-28-25-23-20-17-14-11-8-5-2/h15,18,24,26,51H,4-14,16-17,19-23,25,27-50H2,1-3H3/b18-15-,26-24-. The fourth-order valence-corrected chi connectivity index (χ4v) is 7.65. The molecule has 0 aliphatic rings. The molecule has 0 aliphatic heterocycles. The molecule has 0 spiro atoms. The van der Waals surface area contributed by atoms with Crippen molar-refractivity contribution in [3.8, 4) is 0 Å². The molecule has 0 aromatic heterocycles. The summed E-state index contributed by atoms with van der Waals surface area (Å²) in [6.07, 6.45) is 55.9. The second-order valence-electron chi connectivity index (χ2n) is 17.8. The lowest BCUT2D eigenvalue weighted by Crippen LogP contribution is -2.30. The number of carbonyl (C=O) groups is 3. The molecule has 6 heteroatoms. The van der Waals surface area contributed by atoms with Crippen LogP contribution in [0.15, 0.2) is 24.3 Å². The number of esters is 3. The summed E-state index contributed by atoms with van der Waals surface area (Å²) in [5, 5.41) is 0. The molecule has 1 atom stereocenters. The van der Waals surface area contributed by atoms with Crippen molar-refractivity contribution in [2.24, 2.45) is 0 Å². The molecule has 60 heavy (non-hydrogen) atoms. The van der Waals surface area contributed by atoms with Crippen LogP contribution >= 0.6 is 0 Å². The molecular formula is C54H100O6. The zero-order chi connectivity index (χ0) is 43.7. The van der Waals surface area contributed by atoms with Gasteiger partial charge in [-0.2, -0.15) is 0 Å². The summed E-state index contributed by atoms with van der Waals surface area (Å²) in [6.45, 7) is 6.61. The summed E-state index contributed by atoms with van der Waals surface area (Å²) in [6, 6.07) is 0. The Bertz CT molecular complexity index is 973. The van der Waals surface area contributed by atoms with Crippen molar-refractivity contribution in [2.45, 2.75) is 290 Å². The molecule has 0 bridgehead atoms. The van der Waals surface area contributed by atoms with E-state index in [0.717, 1.165) is 77.0 Å². The van der Waals surface area contributed by atoms with Crippen molar-refractivity contribution in [2.75, 3.05) is 13.2 Å². The fourth-order valence-electron chi connectivity index (χ4n) is 7.65. The highest BCUT2D eigenvalue weighted by Gasteiger charge is 2.19. The van der Waals surface area contributed by atoms with E-state index in [-0.39, 0.29) is 31.1 Å². The molecule has 0 radical (unpaired) electrons. The van der Waals surface area contributed by atoms with Crippen LogP contribution in [0.1, 0.15) is 284 Å². The maximum atomic E-state index is 12.8. The van der Waals surface area contributed by atoms with E-state index in [1.54, 1.807) is 0 Å². The van der Waals surface area contributed by atoms with E-state index in [0.29, 0.717) is 19.3 Å². The van der Waals surface area contributed by atoms with Crippen LogP contribution in [0.4, 0.5) is 0 Å². The van der Waals surface area contributed by atoms with Crippen LogP contribution in [0.25, 0.3) is 0 Å². The minimum Gasteiger partial charge on any atom is -0.462 e. The molecule has 0 amide bonds. The van der Waals surface area contributed by atoms with Crippen LogP contribution in [-0.4, -0.2) is 37.2 Å². The van der Waals surface area contributed by atoms with E-state index >= 15 is 0 Å². The lowest BCUT2D eigenvalue weighted by atomic mass is 10.0. The molecule has 0 aromatic rings. The van der Waals surface area contributed by atoms with Crippen LogP contribution in [-0.2, 0) is 28.6 Å². The van der Waals surface area contributed by atoms with Gasteiger partial charge in [0, 0.05) is 19.3 Å². The highest BCUT2D eigenvalue weighted by Crippen LogP contribution is 2.16. The van der Waals surface area contributed by atoms with Gasteiger partial charge in [0.15, 0.2) is 6.10 Å². The van der Waals surface area contributed by atoms with E-state index in [2.05, 4.69) is 45.1 Å². The first-order chi connectivity index (χ1) is 29.5. The molecule has 0 aliphatic carbocycles. The second-order valence-corrected chi connectivity index (χ2v) is 17.8. The van der Waals surface area contributed by atoms with E-state index in [4.69, 9.17) is 14.2 Å². The lowest BCUT2D eigenvalue weighted by molar-refractivity contribution is -0.167. The van der Waals surface area contributed by atoms with Gasteiger partial charge >= 0.3 is 17.9 Å². The zero-order valence-corrected chi connectivity index (χ0v) is 40.2. The van der Waals surface area contributed by atoms with Gasteiger partial charge in [0.2, 0.25) is 0 Å². The quantitative estimate of drug-likeness (QED) is 0.0263. The highest BCUT2D eigenvalue weighted by molar-refractivity contribution is 5.71. The summed E-state index contributed by atoms with van der Waals surface area (Å²) < 4.78 is 16.8. The molecule has 352 valence electrons. The van der Waals surface area contributed by atoms with Gasteiger partial charge in [0.05, 0.1) is 0 Å². The van der Waals surface area contributed by atoms with Crippen molar-refractivity contribution < 1.29 is 28.6 Å². The third-order valence-corrected chi connectivity index (χ3v) is 11.7. The summed E-state index contributed by atoms with van der Waals surface area (Å²) in [5.74, 6) is -0.878. The van der Waals surface area contributed by atoms with Gasteiger partial charge in [0.1, 0.15) is 13.2 Å². The smallest absolute Gasteiger partial charge is 0.306 e. The number of hydrogen-bond acceptors (Lipinski definition) is 6. The molecule has 0 aromatic carbocycles. The van der Waals surface area contributed by atoms with Gasteiger partial charge in [-0.25, -0.2) is 0 Å². The number of allylic oxidation sites excluding steroid dienone is 4. The number of unbranched alkanes of at least 4 members (excludes halogenated alkanes) is 33. The van der Waals surface area contributed by atoms with E-state index in [1.165, 1.54) is 167 Å². The molecule has 1 unspecified atom stereocenters. The molecule has 0 rings (SSSR count). The van der Waals surface area contributed by atoms with Crippen molar-refractivity contribution in [3.05, 3.63) is 24.3 Å².